The zero-order valence-electron chi connectivity index (χ0n) is 18.4. The average Bonchev–Trinajstić information content (AvgIpc) is 3.05. The monoisotopic (exact) mass is 433 g/mol. The fourth-order valence-corrected chi connectivity index (χ4v) is 4.21. The largest absolute Gasteiger partial charge is 0.497 e. The molecule has 0 aromatic heterocycles. The minimum absolute atomic E-state index is 0.163. The van der Waals surface area contributed by atoms with E-state index in [-0.39, 0.29) is 24.3 Å². The number of carbonyl (C=O) groups is 3. The Kier molecular flexibility index (Phi) is 6.25. The second-order valence-electron chi connectivity index (χ2n) is 8.07. The van der Waals surface area contributed by atoms with Gasteiger partial charge < -0.3 is 15.0 Å². The Morgan fingerprint density at radius 1 is 0.938 bits per heavy atom. The van der Waals surface area contributed by atoms with Gasteiger partial charge in [-0.3, -0.25) is 19.3 Å². The zero-order valence-corrected chi connectivity index (χ0v) is 18.4. The fourth-order valence-electron chi connectivity index (χ4n) is 4.21. The van der Waals surface area contributed by atoms with Gasteiger partial charge in [-0.05, 0) is 54.7 Å². The summed E-state index contributed by atoms with van der Waals surface area (Å²) in [6.07, 6.45) is 3.12. The third-order valence-electron chi connectivity index (χ3n) is 5.81. The highest BCUT2D eigenvalue weighted by Crippen LogP contribution is 2.34. The maximum absolute atomic E-state index is 13.5. The highest BCUT2D eigenvalue weighted by molar-refractivity contribution is 6.35. The Morgan fingerprint density at radius 2 is 1.59 bits per heavy atom. The minimum Gasteiger partial charge on any atom is -0.497 e. The maximum Gasteiger partial charge on any atom is 0.278 e. The van der Waals surface area contributed by atoms with E-state index in [0.717, 1.165) is 43.7 Å². The van der Waals surface area contributed by atoms with Crippen LogP contribution in [-0.2, 0) is 20.9 Å². The van der Waals surface area contributed by atoms with Crippen molar-refractivity contribution in [2.75, 3.05) is 25.5 Å². The number of ether oxygens (including phenoxy) is 1. The van der Waals surface area contributed by atoms with Gasteiger partial charge in [0.1, 0.15) is 11.4 Å². The lowest BCUT2D eigenvalue weighted by Gasteiger charge is -2.29. The van der Waals surface area contributed by atoms with Crippen LogP contribution in [0.15, 0.2) is 54.2 Å². The maximum atomic E-state index is 13.5. The van der Waals surface area contributed by atoms with Crippen LogP contribution in [0.3, 0.4) is 0 Å². The zero-order chi connectivity index (χ0) is 22.7. The first-order valence-corrected chi connectivity index (χ1v) is 10.8. The SMILES string of the molecule is COc1ccc(CN2C(=O)C(c3ccc(NC(C)=O)cc3)=C(N3CCCCC3)C2=O)cc1. The summed E-state index contributed by atoms with van der Waals surface area (Å²) in [7, 11) is 1.60. The van der Waals surface area contributed by atoms with Crippen molar-refractivity contribution >= 4 is 29.0 Å². The number of anilines is 1. The van der Waals surface area contributed by atoms with Gasteiger partial charge in [-0.25, -0.2) is 0 Å². The van der Waals surface area contributed by atoms with Crippen LogP contribution in [0.2, 0.25) is 0 Å². The van der Waals surface area contributed by atoms with Crippen molar-refractivity contribution in [3.8, 4) is 5.75 Å². The van der Waals surface area contributed by atoms with Crippen LogP contribution >= 0.6 is 0 Å². The molecule has 32 heavy (non-hydrogen) atoms. The van der Waals surface area contributed by atoms with E-state index in [1.165, 1.54) is 11.8 Å². The van der Waals surface area contributed by atoms with E-state index >= 15 is 0 Å². The molecule has 2 heterocycles. The molecule has 0 aliphatic carbocycles. The van der Waals surface area contributed by atoms with Crippen LogP contribution in [0.25, 0.3) is 5.57 Å². The summed E-state index contributed by atoms with van der Waals surface area (Å²) in [5, 5.41) is 2.73. The summed E-state index contributed by atoms with van der Waals surface area (Å²) in [6, 6.07) is 14.4. The molecule has 4 rings (SSSR count). The quantitative estimate of drug-likeness (QED) is 0.707. The normalized spacial score (nSPS) is 16.6. The standard InChI is InChI=1S/C25H27N3O4/c1-17(29)26-20-10-8-19(9-11-20)22-23(27-14-4-3-5-15-27)25(31)28(24(22)30)16-18-6-12-21(32-2)13-7-18/h6-13H,3-5,14-16H2,1-2H3,(H,26,29). The van der Waals surface area contributed by atoms with Crippen molar-refractivity contribution in [1.29, 1.82) is 0 Å². The molecular formula is C25H27N3O4. The van der Waals surface area contributed by atoms with E-state index in [2.05, 4.69) is 10.2 Å². The second-order valence-corrected chi connectivity index (χ2v) is 8.07. The number of methoxy groups -OCH3 is 1. The summed E-state index contributed by atoms with van der Waals surface area (Å²) in [6.45, 7) is 3.17. The Hall–Kier alpha value is -3.61. The molecule has 2 aromatic carbocycles. The lowest BCUT2D eigenvalue weighted by atomic mass is 10.0. The van der Waals surface area contributed by atoms with Crippen LogP contribution in [0.1, 0.15) is 37.3 Å². The topological polar surface area (TPSA) is 79.0 Å². The number of nitrogens with zero attached hydrogens (tertiary/aromatic N) is 2. The Labute approximate surface area is 187 Å². The van der Waals surface area contributed by atoms with E-state index in [9.17, 15) is 14.4 Å². The van der Waals surface area contributed by atoms with Gasteiger partial charge in [-0.2, -0.15) is 0 Å². The number of piperidine rings is 1. The van der Waals surface area contributed by atoms with Gasteiger partial charge >= 0.3 is 0 Å². The smallest absolute Gasteiger partial charge is 0.278 e. The lowest BCUT2D eigenvalue weighted by molar-refractivity contribution is -0.138. The van der Waals surface area contributed by atoms with Crippen LogP contribution < -0.4 is 10.1 Å². The molecular weight excluding hydrogens is 406 g/mol. The molecule has 1 fully saturated rings. The Balaban J connectivity index is 1.67. The van der Waals surface area contributed by atoms with Gasteiger partial charge in [0.05, 0.1) is 19.2 Å². The number of rotatable bonds is 6. The molecule has 2 aromatic rings. The highest BCUT2D eigenvalue weighted by atomic mass is 16.5. The molecule has 0 saturated carbocycles. The summed E-state index contributed by atoms with van der Waals surface area (Å²) in [5.41, 5.74) is 3.09. The molecule has 3 amide bonds. The molecule has 166 valence electrons. The van der Waals surface area contributed by atoms with E-state index < -0.39 is 0 Å². The van der Waals surface area contributed by atoms with Crippen molar-refractivity contribution < 1.29 is 19.1 Å². The molecule has 2 aliphatic heterocycles. The predicted octanol–water partition coefficient (Wildman–Crippen LogP) is 3.42. The number of carbonyl (C=O) groups excluding carboxylic acids is 3. The molecule has 2 aliphatic rings. The van der Waals surface area contributed by atoms with Gasteiger partial charge in [-0.15, -0.1) is 0 Å². The fraction of sp³-hybridized carbons (Fsp3) is 0.320. The number of imide groups is 1. The highest BCUT2D eigenvalue weighted by Gasteiger charge is 2.41. The third kappa shape index (κ3) is 4.37. The van der Waals surface area contributed by atoms with Crippen LogP contribution in [0.4, 0.5) is 5.69 Å². The van der Waals surface area contributed by atoms with Crippen molar-refractivity contribution in [3.63, 3.8) is 0 Å². The molecule has 0 unspecified atom stereocenters. The second kappa shape index (κ2) is 9.26. The van der Waals surface area contributed by atoms with Crippen LogP contribution in [0, 0.1) is 0 Å². The van der Waals surface area contributed by atoms with Gasteiger partial charge in [0.25, 0.3) is 11.8 Å². The number of benzene rings is 2. The molecule has 7 nitrogen and oxygen atoms in total. The summed E-state index contributed by atoms with van der Waals surface area (Å²) in [4.78, 5) is 41.6. The third-order valence-corrected chi connectivity index (χ3v) is 5.81. The summed E-state index contributed by atoms with van der Waals surface area (Å²) in [5.74, 6) is 0.0102. The number of hydrogen-bond donors (Lipinski definition) is 1. The van der Waals surface area contributed by atoms with Gasteiger partial charge in [0.15, 0.2) is 0 Å². The first kappa shape index (κ1) is 21.6. The Bertz CT molecular complexity index is 1050. The first-order valence-electron chi connectivity index (χ1n) is 10.8. The molecule has 1 N–H and O–H groups in total. The number of likely N-dealkylation sites (tertiary alicyclic amines) is 1. The lowest BCUT2D eigenvalue weighted by Crippen LogP contribution is -2.36. The van der Waals surface area contributed by atoms with Crippen molar-refractivity contribution in [2.45, 2.75) is 32.7 Å². The molecule has 0 spiro atoms. The summed E-state index contributed by atoms with van der Waals surface area (Å²) < 4.78 is 5.20. The van der Waals surface area contributed by atoms with Gasteiger partial charge in [0, 0.05) is 25.7 Å². The van der Waals surface area contributed by atoms with Crippen LogP contribution in [-0.4, -0.2) is 47.7 Å². The summed E-state index contributed by atoms with van der Waals surface area (Å²) >= 11 is 0. The van der Waals surface area contributed by atoms with E-state index in [0.29, 0.717) is 22.5 Å². The number of amides is 3. The molecule has 0 atom stereocenters. The molecule has 0 bridgehead atoms. The van der Waals surface area contributed by atoms with E-state index in [4.69, 9.17) is 4.74 Å². The predicted molar refractivity (Wildman–Crippen MR) is 122 cm³/mol. The molecule has 0 radical (unpaired) electrons. The van der Waals surface area contributed by atoms with E-state index in [1.807, 2.05) is 24.3 Å². The van der Waals surface area contributed by atoms with Gasteiger partial charge in [0.2, 0.25) is 5.91 Å². The van der Waals surface area contributed by atoms with Gasteiger partial charge in [-0.1, -0.05) is 24.3 Å². The Morgan fingerprint density at radius 3 is 2.19 bits per heavy atom. The first-order chi connectivity index (χ1) is 15.5. The number of nitrogens with one attached hydrogen (secondary N) is 1. The molecule has 7 heteroatoms. The minimum atomic E-state index is -0.293. The molecule has 1 saturated heterocycles. The van der Waals surface area contributed by atoms with Crippen LogP contribution in [0.5, 0.6) is 5.75 Å². The number of hydrogen-bond acceptors (Lipinski definition) is 5. The van der Waals surface area contributed by atoms with Crippen molar-refractivity contribution in [1.82, 2.24) is 9.80 Å². The average molecular weight is 434 g/mol. The van der Waals surface area contributed by atoms with E-state index in [1.54, 1.807) is 31.4 Å². The van der Waals surface area contributed by atoms with Crippen molar-refractivity contribution in [3.05, 3.63) is 65.4 Å². The van der Waals surface area contributed by atoms with Crippen molar-refractivity contribution in [2.24, 2.45) is 0 Å².